The molecule has 33 heavy (non-hydrogen) atoms. The molecular weight excluding hydrogens is 436 g/mol. The Balaban J connectivity index is 1.38. The smallest absolute Gasteiger partial charge is 0.254 e. The van der Waals surface area contributed by atoms with Crippen LogP contribution in [0.1, 0.15) is 41.3 Å². The highest BCUT2D eigenvalue weighted by atomic mass is 32.1. The maximum atomic E-state index is 13.1. The normalized spacial score (nSPS) is 15.3. The predicted octanol–water partition coefficient (Wildman–Crippen LogP) is 4.67. The van der Waals surface area contributed by atoms with Gasteiger partial charge in [-0.3, -0.25) is 4.79 Å². The molecule has 2 heterocycles. The summed E-state index contributed by atoms with van der Waals surface area (Å²) in [5.74, 6) is 2.23. The second-order valence-electron chi connectivity index (χ2n) is 8.90. The first-order valence-electron chi connectivity index (χ1n) is 11.2. The lowest BCUT2D eigenvalue weighted by Crippen LogP contribution is -2.44. The van der Waals surface area contributed by atoms with Crippen LogP contribution < -0.4 is 19.9 Å². The van der Waals surface area contributed by atoms with Crippen LogP contribution in [0.2, 0.25) is 0 Å². The van der Waals surface area contributed by atoms with Crippen LogP contribution in [0.3, 0.4) is 0 Å². The minimum absolute atomic E-state index is 0.0331. The average Bonchev–Trinajstić information content (AvgIpc) is 3.23. The summed E-state index contributed by atoms with van der Waals surface area (Å²) in [6.45, 7) is 3.38. The van der Waals surface area contributed by atoms with E-state index in [1.807, 2.05) is 17.0 Å². The summed E-state index contributed by atoms with van der Waals surface area (Å²) in [7, 11) is 4.91. The van der Waals surface area contributed by atoms with Crippen molar-refractivity contribution in [2.24, 2.45) is 5.73 Å². The Morgan fingerprint density at radius 3 is 2.64 bits per heavy atom. The SMILES string of the molecule is COc1ccc2c(CCC(C)(N)CCN3CCc4c(ccc(OC)c4OC)C3=O)csc2c1. The van der Waals surface area contributed by atoms with E-state index in [4.69, 9.17) is 19.9 Å². The van der Waals surface area contributed by atoms with Gasteiger partial charge >= 0.3 is 0 Å². The second-order valence-corrected chi connectivity index (χ2v) is 9.81. The topological polar surface area (TPSA) is 74.0 Å². The van der Waals surface area contributed by atoms with E-state index >= 15 is 0 Å². The minimum Gasteiger partial charge on any atom is -0.497 e. The number of fused-ring (bicyclic) bond motifs is 2. The monoisotopic (exact) mass is 468 g/mol. The summed E-state index contributed by atoms with van der Waals surface area (Å²) in [6, 6.07) is 9.84. The van der Waals surface area contributed by atoms with E-state index in [0.717, 1.165) is 37.0 Å². The molecule has 0 spiro atoms. The molecule has 0 aliphatic carbocycles. The molecule has 0 fully saturated rings. The lowest BCUT2D eigenvalue weighted by molar-refractivity contribution is 0.0725. The minimum atomic E-state index is -0.362. The van der Waals surface area contributed by atoms with Crippen molar-refractivity contribution >= 4 is 27.3 Å². The van der Waals surface area contributed by atoms with Crippen LogP contribution in [0, 0.1) is 0 Å². The van der Waals surface area contributed by atoms with Crippen molar-refractivity contribution in [3.63, 3.8) is 0 Å². The fraction of sp³-hybridized carbons (Fsp3) is 0.423. The number of methoxy groups -OCH3 is 3. The average molecular weight is 469 g/mol. The molecule has 1 atom stereocenters. The third-order valence-electron chi connectivity index (χ3n) is 6.58. The van der Waals surface area contributed by atoms with Crippen LogP contribution in [0.25, 0.3) is 10.1 Å². The number of amides is 1. The maximum Gasteiger partial charge on any atom is 0.254 e. The van der Waals surface area contributed by atoms with E-state index in [2.05, 4.69) is 24.4 Å². The summed E-state index contributed by atoms with van der Waals surface area (Å²) >= 11 is 1.74. The number of aryl methyl sites for hydroxylation is 1. The van der Waals surface area contributed by atoms with Crippen molar-refractivity contribution in [2.75, 3.05) is 34.4 Å². The van der Waals surface area contributed by atoms with E-state index in [9.17, 15) is 4.79 Å². The largest absolute Gasteiger partial charge is 0.497 e. The van der Waals surface area contributed by atoms with Gasteiger partial charge in [-0.15, -0.1) is 11.3 Å². The molecule has 2 N–H and O–H groups in total. The van der Waals surface area contributed by atoms with Crippen LogP contribution in [0.15, 0.2) is 35.7 Å². The summed E-state index contributed by atoms with van der Waals surface area (Å²) in [6.07, 6.45) is 3.26. The molecule has 4 rings (SSSR count). The number of thiophene rings is 1. The number of ether oxygens (including phenoxy) is 3. The number of rotatable bonds is 9. The first-order chi connectivity index (χ1) is 15.9. The number of carbonyl (C=O) groups excluding carboxylic acids is 1. The molecule has 6 nitrogen and oxygen atoms in total. The number of benzene rings is 2. The molecule has 7 heteroatoms. The highest BCUT2D eigenvalue weighted by Gasteiger charge is 2.30. The fourth-order valence-corrected chi connectivity index (χ4v) is 5.52. The molecule has 0 saturated heterocycles. The lowest BCUT2D eigenvalue weighted by atomic mass is 9.90. The van der Waals surface area contributed by atoms with E-state index in [1.54, 1.807) is 38.7 Å². The van der Waals surface area contributed by atoms with Gasteiger partial charge in [0.15, 0.2) is 11.5 Å². The first kappa shape index (κ1) is 23.4. The van der Waals surface area contributed by atoms with Crippen molar-refractivity contribution in [1.29, 1.82) is 0 Å². The zero-order valence-corrected chi connectivity index (χ0v) is 20.6. The van der Waals surface area contributed by atoms with Gasteiger partial charge in [0.1, 0.15) is 5.75 Å². The Morgan fingerprint density at radius 2 is 1.91 bits per heavy atom. The molecule has 1 unspecified atom stereocenters. The fourth-order valence-electron chi connectivity index (χ4n) is 4.49. The van der Waals surface area contributed by atoms with Gasteiger partial charge in [-0.1, -0.05) is 0 Å². The number of hydrogen-bond acceptors (Lipinski definition) is 6. The molecule has 0 radical (unpaired) electrons. The Bertz CT molecular complexity index is 1150. The second kappa shape index (κ2) is 9.61. The molecule has 176 valence electrons. The van der Waals surface area contributed by atoms with Crippen LogP contribution >= 0.6 is 11.3 Å². The van der Waals surface area contributed by atoms with Gasteiger partial charge in [0.05, 0.1) is 21.3 Å². The Hall–Kier alpha value is -2.77. The highest BCUT2D eigenvalue weighted by Crippen LogP contribution is 2.36. The van der Waals surface area contributed by atoms with E-state index in [-0.39, 0.29) is 11.4 Å². The third-order valence-corrected chi connectivity index (χ3v) is 7.57. The standard InChI is InChI=1S/C26H32N2O4S/c1-26(27,11-9-17-16-33-23-15-18(30-2)5-6-19(17)23)12-14-28-13-10-20-21(25(28)29)7-8-22(31-3)24(20)32-4/h5-8,15-16H,9-14,27H2,1-4H3. The molecule has 1 aliphatic heterocycles. The van der Waals surface area contributed by atoms with Crippen molar-refractivity contribution < 1.29 is 19.0 Å². The van der Waals surface area contributed by atoms with E-state index in [0.29, 0.717) is 30.2 Å². The van der Waals surface area contributed by atoms with Crippen molar-refractivity contribution in [3.8, 4) is 17.2 Å². The van der Waals surface area contributed by atoms with Gasteiger partial charge < -0.3 is 24.8 Å². The van der Waals surface area contributed by atoms with Crippen molar-refractivity contribution in [1.82, 2.24) is 4.90 Å². The van der Waals surface area contributed by atoms with Gasteiger partial charge in [0.2, 0.25) is 0 Å². The van der Waals surface area contributed by atoms with Gasteiger partial charge in [0, 0.05) is 34.5 Å². The molecular formula is C26H32N2O4S. The van der Waals surface area contributed by atoms with Gasteiger partial charge in [-0.05, 0) is 79.3 Å². The van der Waals surface area contributed by atoms with Crippen LogP contribution in [0.4, 0.5) is 0 Å². The van der Waals surface area contributed by atoms with Gasteiger partial charge in [-0.25, -0.2) is 0 Å². The molecule has 0 saturated carbocycles. The molecule has 1 aromatic heterocycles. The maximum absolute atomic E-state index is 13.1. The number of nitrogens with two attached hydrogens (primary N) is 1. The number of carbonyl (C=O) groups is 1. The van der Waals surface area contributed by atoms with Gasteiger partial charge in [-0.2, -0.15) is 0 Å². The lowest BCUT2D eigenvalue weighted by Gasteiger charge is -2.33. The number of hydrogen-bond donors (Lipinski definition) is 1. The number of nitrogens with zero attached hydrogens (tertiary/aromatic N) is 1. The first-order valence-corrected chi connectivity index (χ1v) is 12.1. The van der Waals surface area contributed by atoms with Crippen molar-refractivity contribution in [3.05, 3.63) is 52.4 Å². The summed E-state index contributed by atoms with van der Waals surface area (Å²) in [4.78, 5) is 15.0. The molecule has 2 aromatic carbocycles. The molecule has 1 amide bonds. The Morgan fingerprint density at radius 1 is 1.09 bits per heavy atom. The molecule has 1 aliphatic rings. The predicted molar refractivity (Wildman–Crippen MR) is 133 cm³/mol. The van der Waals surface area contributed by atoms with E-state index < -0.39 is 0 Å². The van der Waals surface area contributed by atoms with Gasteiger partial charge in [0.25, 0.3) is 5.91 Å². The Kier molecular flexibility index (Phi) is 6.81. The summed E-state index contributed by atoms with van der Waals surface area (Å²) < 4.78 is 17.5. The quantitative estimate of drug-likeness (QED) is 0.494. The zero-order chi connectivity index (χ0) is 23.6. The highest BCUT2D eigenvalue weighted by molar-refractivity contribution is 7.17. The van der Waals surface area contributed by atoms with Crippen molar-refractivity contribution in [2.45, 2.75) is 38.1 Å². The Labute approximate surface area is 199 Å². The zero-order valence-electron chi connectivity index (χ0n) is 19.8. The summed E-state index contributed by atoms with van der Waals surface area (Å²) in [5.41, 5.74) is 9.25. The summed E-state index contributed by atoms with van der Waals surface area (Å²) in [5, 5.41) is 3.48. The van der Waals surface area contributed by atoms with Crippen LogP contribution in [-0.2, 0) is 12.8 Å². The van der Waals surface area contributed by atoms with E-state index in [1.165, 1.54) is 15.6 Å². The molecule has 0 bridgehead atoms. The van der Waals surface area contributed by atoms with Crippen LogP contribution in [-0.4, -0.2) is 50.8 Å². The van der Waals surface area contributed by atoms with Crippen LogP contribution in [0.5, 0.6) is 17.2 Å². The third kappa shape index (κ3) is 4.80. The molecule has 3 aromatic rings.